The van der Waals surface area contributed by atoms with Crippen LogP contribution < -0.4 is 0 Å². The Morgan fingerprint density at radius 1 is 1.45 bits per heavy atom. The first kappa shape index (κ1) is 8.59. The maximum atomic E-state index is 8.93. The lowest BCUT2D eigenvalue weighted by molar-refractivity contribution is 0.0138. The van der Waals surface area contributed by atoms with E-state index in [9.17, 15) is 0 Å². The second kappa shape index (κ2) is 2.24. The lowest BCUT2D eigenvalue weighted by Gasteiger charge is -2.49. The standard InChI is InChI=1S/C10H17N/c1-9(2,3)8-5-6-10(8,4)7-11/h8H,5-6H2,1-4H3. The Bertz CT molecular complexity index is 194. The summed E-state index contributed by atoms with van der Waals surface area (Å²) in [6.45, 7) is 8.78. The van der Waals surface area contributed by atoms with Gasteiger partial charge in [0.2, 0.25) is 0 Å². The third-order valence-electron chi connectivity index (χ3n) is 3.02. The van der Waals surface area contributed by atoms with Crippen molar-refractivity contribution in [3.05, 3.63) is 0 Å². The average Bonchev–Trinajstić information content (AvgIpc) is 1.80. The van der Waals surface area contributed by atoms with Crippen molar-refractivity contribution in [3.8, 4) is 6.07 Å². The molecule has 0 spiro atoms. The van der Waals surface area contributed by atoms with Crippen molar-refractivity contribution >= 4 is 0 Å². The SMILES string of the molecule is CC(C)(C)C1CCC1(C)C#N. The van der Waals surface area contributed by atoms with Gasteiger partial charge in [-0.1, -0.05) is 20.8 Å². The molecule has 1 fully saturated rings. The van der Waals surface area contributed by atoms with Crippen molar-refractivity contribution in [2.24, 2.45) is 16.7 Å². The highest BCUT2D eigenvalue weighted by atomic mass is 14.5. The van der Waals surface area contributed by atoms with E-state index >= 15 is 0 Å². The van der Waals surface area contributed by atoms with Crippen molar-refractivity contribution in [1.82, 2.24) is 0 Å². The summed E-state index contributed by atoms with van der Waals surface area (Å²) in [6, 6.07) is 2.43. The van der Waals surface area contributed by atoms with E-state index in [1.165, 1.54) is 6.42 Å². The van der Waals surface area contributed by atoms with Crippen molar-refractivity contribution in [2.75, 3.05) is 0 Å². The molecule has 0 amide bonds. The van der Waals surface area contributed by atoms with Crippen LogP contribution in [0.25, 0.3) is 0 Å². The molecule has 0 bridgehead atoms. The van der Waals surface area contributed by atoms with Crippen molar-refractivity contribution in [1.29, 1.82) is 5.26 Å². The molecule has 2 atom stereocenters. The number of nitriles is 1. The second-order valence-electron chi connectivity index (χ2n) is 4.99. The van der Waals surface area contributed by atoms with Crippen LogP contribution in [0.5, 0.6) is 0 Å². The zero-order valence-corrected chi connectivity index (χ0v) is 7.94. The van der Waals surface area contributed by atoms with Crippen LogP contribution in [0.3, 0.4) is 0 Å². The molecule has 1 rings (SSSR count). The lowest BCUT2D eigenvalue weighted by Crippen LogP contribution is -2.43. The van der Waals surface area contributed by atoms with Gasteiger partial charge in [0.25, 0.3) is 0 Å². The smallest absolute Gasteiger partial charge is 0.0689 e. The first-order chi connectivity index (χ1) is 4.90. The van der Waals surface area contributed by atoms with E-state index in [0.29, 0.717) is 11.3 Å². The lowest BCUT2D eigenvalue weighted by atomic mass is 9.53. The first-order valence-corrected chi connectivity index (χ1v) is 4.31. The maximum absolute atomic E-state index is 8.93. The Labute approximate surface area is 69.4 Å². The molecule has 2 unspecified atom stereocenters. The van der Waals surface area contributed by atoms with Crippen LogP contribution in [0, 0.1) is 28.1 Å². The predicted molar refractivity (Wildman–Crippen MR) is 45.9 cm³/mol. The van der Waals surface area contributed by atoms with Gasteiger partial charge in [0.1, 0.15) is 0 Å². The van der Waals surface area contributed by atoms with Gasteiger partial charge in [0.05, 0.1) is 11.5 Å². The molecule has 0 aromatic heterocycles. The number of nitrogens with zero attached hydrogens (tertiary/aromatic N) is 1. The summed E-state index contributed by atoms with van der Waals surface area (Å²) in [5, 5.41) is 8.93. The molecule has 1 heteroatoms. The van der Waals surface area contributed by atoms with Gasteiger partial charge in [0, 0.05) is 0 Å². The summed E-state index contributed by atoms with van der Waals surface area (Å²) in [5.74, 6) is 0.597. The summed E-state index contributed by atoms with van der Waals surface area (Å²) >= 11 is 0. The minimum absolute atomic E-state index is 0.0295. The average molecular weight is 151 g/mol. The molecule has 1 aliphatic carbocycles. The molecule has 1 aliphatic rings. The van der Waals surface area contributed by atoms with Gasteiger partial charge in [-0.15, -0.1) is 0 Å². The molecule has 0 aromatic carbocycles. The number of rotatable bonds is 0. The van der Waals surface area contributed by atoms with Crippen molar-refractivity contribution in [2.45, 2.75) is 40.5 Å². The zero-order valence-electron chi connectivity index (χ0n) is 7.94. The van der Waals surface area contributed by atoms with E-state index in [2.05, 4.69) is 33.8 Å². The number of hydrogen-bond acceptors (Lipinski definition) is 1. The van der Waals surface area contributed by atoms with Gasteiger partial charge in [-0.2, -0.15) is 5.26 Å². The third-order valence-corrected chi connectivity index (χ3v) is 3.02. The highest BCUT2D eigenvalue weighted by Crippen LogP contribution is 2.54. The molecule has 11 heavy (non-hydrogen) atoms. The van der Waals surface area contributed by atoms with Gasteiger partial charge in [-0.3, -0.25) is 0 Å². The minimum Gasteiger partial charge on any atom is -0.198 e. The quantitative estimate of drug-likeness (QED) is 0.522. The van der Waals surface area contributed by atoms with E-state index in [4.69, 9.17) is 5.26 Å². The summed E-state index contributed by atoms with van der Waals surface area (Å²) in [4.78, 5) is 0. The van der Waals surface area contributed by atoms with Gasteiger partial charge < -0.3 is 0 Å². The topological polar surface area (TPSA) is 23.8 Å². The van der Waals surface area contributed by atoms with E-state index in [1.807, 2.05) is 0 Å². The molecular weight excluding hydrogens is 134 g/mol. The molecule has 0 heterocycles. The molecule has 62 valence electrons. The Balaban J connectivity index is 2.73. The fraction of sp³-hybridized carbons (Fsp3) is 0.900. The molecule has 0 saturated heterocycles. The van der Waals surface area contributed by atoms with Crippen molar-refractivity contribution in [3.63, 3.8) is 0 Å². The normalized spacial score (nSPS) is 37.5. The molecular formula is C10H17N. The van der Waals surface area contributed by atoms with Gasteiger partial charge >= 0.3 is 0 Å². The van der Waals surface area contributed by atoms with E-state index < -0.39 is 0 Å². The van der Waals surface area contributed by atoms with E-state index in [0.717, 1.165) is 6.42 Å². The van der Waals surface area contributed by atoms with Crippen LogP contribution in [-0.2, 0) is 0 Å². The van der Waals surface area contributed by atoms with E-state index in [1.54, 1.807) is 0 Å². The van der Waals surface area contributed by atoms with Crippen LogP contribution in [0.15, 0.2) is 0 Å². The van der Waals surface area contributed by atoms with Crippen LogP contribution in [-0.4, -0.2) is 0 Å². The Morgan fingerprint density at radius 3 is 2.09 bits per heavy atom. The summed E-state index contributed by atoms with van der Waals surface area (Å²) in [6.07, 6.45) is 2.32. The van der Waals surface area contributed by atoms with E-state index in [-0.39, 0.29) is 5.41 Å². The van der Waals surface area contributed by atoms with Crippen LogP contribution >= 0.6 is 0 Å². The summed E-state index contributed by atoms with van der Waals surface area (Å²) in [5.41, 5.74) is 0.279. The minimum atomic E-state index is -0.0295. The predicted octanol–water partition coefficient (Wildman–Crippen LogP) is 2.97. The fourth-order valence-corrected chi connectivity index (χ4v) is 2.24. The maximum Gasteiger partial charge on any atom is 0.0689 e. The van der Waals surface area contributed by atoms with Crippen LogP contribution in [0.1, 0.15) is 40.5 Å². The summed E-state index contributed by atoms with van der Waals surface area (Å²) < 4.78 is 0. The first-order valence-electron chi connectivity index (χ1n) is 4.31. The van der Waals surface area contributed by atoms with Gasteiger partial charge in [0.15, 0.2) is 0 Å². The van der Waals surface area contributed by atoms with Gasteiger partial charge in [-0.25, -0.2) is 0 Å². The van der Waals surface area contributed by atoms with Gasteiger partial charge in [-0.05, 0) is 31.1 Å². The molecule has 0 aromatic rings. The summed E-state index contributed by atoms with van der Waals surface area (Å²) in [7, 11) is 0. The number of hydrogen-bond donors (Lipinski definition) is 0. The highest BCUT2D eigenvalue weighted by Gasteiger charge is 2.48. The van der Waals surface area contributed by atoms with Crippen LogP contribution in [0.2, 0.25) is 0 Å². The third kappa shape index (κ3) is 1.27. The Kier molecular flexibility index (Phi) is 1.75. The monoisotopic (exact) mass is 151 g/mol. The Morgan fingerprint density at radius 2 is 2.00 bits per heavy atom. The molecule has 0 aliphatic heterocycles. The molecule has 1 saturated carbocycles. The zero-order chi connectivity index (χ0) is 8.70. The Hall–Kier alpha value is -0.510. The molecule has 0 radical (unpaired) electrons. The molecule has 1 nitrogen and oxygen atoms in total. The fourth-order valence-electron chi connectivity index (χ4n) is 2.24. The second-order valence-corrected chi connectivity index (χ2v) is 4.99. The largest absolute Gasteiger partial charge is 0.198 e. The molecule has 0 N–H and O–H groups in total. The highest BCUT2D eigenvalue weighted by molar-refractivity contribution is 5.09. The van der Waals surface area contributed by atoms with Crippen molar-refractivity contribution < 1.29 is 0 Å². The van der Waals surface area contributed by atoms with Crippen LogP contribution in [0.4, 0.5) is 0 Å².